The summed E-state index contributed by atoms with van der Waals surface area (Å²) in [5, 5.41) is 9.87. The maximum Gasteiger partial charge on any atom is 0.0753 e. The highest BCUT2D eigenvalue weighted by Gasteiger charge is 2.35. The number of hydrogen-bond donors (Lipinski definition) is 1. The van der Waals surface area contributed by atoms with Gasteiger partial charge in [0.2, 0.25) is 0 Å². The van der Waals surface area contributed by atoms with Gasteiger partial charge in [0.15, 0.2) is 0 Å². The Bertz CT molecular complexity index is 257. The van der Waals surface area contributed by atoms with Gasteiger partial charge in [-0.3, -0.25) is 4.90 Å². The molecule has 1 heterocycles. The zero-order valence-corrected chi connectivity index (χ0v) is 12.1. The van der Waals surface area contributed by atoms with Gasteiger partial charge in [0.1, 0.15) is 0 Å². The molecular weight excluding hydrogens is 226 g/mol. The van der Waals surface area contributed by atoms with Gasteiger partial charge in [0.25, 0.3) is 0 Å². The van der Waals surface area contributed by atoms with Crippen LogP contribution in [0.4, 0.5) is 0 Å². The Kier molecular flexibility index (Phi) is 4.68. The molecule has 2 fully saturated rings. The lowest BCUT2D eigenvalue weighted by atomic mass is 9.80. The first-order valence-electron chi connectivity index (χ1n) is 7.53. The summed E-state index contributed by atoms with van der Waals surface area (Å²) in [5.74, 6) is 0. The molecule has 0 aromatic rings. The van der Waals surface area contributed by atoms with Crippen LogP contribution in [0.15, 0.2) is 0 Å². The Balaban J connectivity index is 1.96. The quantitative estimate of drug-likeness (QED) is 0.786. The van der Waals surface area contributed by atoms with Crippen molar-refractivity contribution >= 4 is 0 Å². The van der Waals surface area contributed by atoms with Crippen molar-refractivity contribution in [2.45, 2.75) is 58.0 Å². The lowest BCUT2D eigenvalue weighted by Crippen LogP contribution is -2.52. The Morgan fingerprint density at radius 2 is 1.78 bits per heavy atom. The second-order valence-corrected chi connectivity index (χ2v) is 6.89. The first-order valence-corrected chi connectivity index (χ1v) is 7.53. The number of rotatable bonds is 3. The fraction of sp³-hybridized carbons (Fsp3) is 1.00. The third-order valence-corrected chi connectivity index (χ3v) is 4.56. The molecule has 0 atom stereocenters. The molecule has 2 rings (SSSR count). The fourth-order valence-corrected chi connectivity index (χ4v) is 3.57. The summed E-state index contributed by atoms with van der Waals surface area (Å²) in [6.07, 6.45) is 7.65. The first-order chi connectivity index (χ1) is 8.55. The van der Waals surface area contributed by atoms with Crippen molar-refractivity contribution in [1.82, 2.24) is 4.90 Å². The van der Waals surface area contributed by atoms with Crippen LogP contribution in [0.1, 0.15) is 52.4 Å². The minimum atomic E-state index is -0.0281. The molecule has 3 nitrogen and oxygen atoms in total. The SMILES string of the molecule is CC1(C)CN(CC2(CO)CCCCCC2)CCO1. The van der Waals surface area contributed by atoms with Gasteiger partial charge in [-0.1, -0.05) is 25.7 Å². The maximum atomic E-state index is 9.87. The molecule has 3 heteroatoms. The third kappa shape index (κ3) is 3.69. The van der Waals surface area contributed by atoms with E-state index in [1.54, 1.807) is 0 Å². The Labute approximate surface area is 112 Å². The molecule has 0 amide bonds. The van der Waals surface area contributed by atoms with Crippen LogP contribution in [0.25, 0.3) is 0 Å². The molecule has 1 saturated carbocycles. The average Bonchev–Trinajstić information content (AvgIpc) is 2.54. The van der Waals surface area contributed by atoms with Gasteiger partial charge in [-0.15, -0.1) is 0 Å². The van der Waals surface area contributed by atoms with Crippen LogP contribution in [-0.4, -0.2) is 48.5 Å². The summed E-state index contributed by atoms with van der Waals surface area (Å²) >= 11 is 0. The molecule has 1 saturated heterocycles. The molecule has 0 aromatic carbocycles. The highest BCUT2D eigenvalue weighted by Crippen LogP contribution is 2.36. The zero-order chi connectivity index (χ0) is 13.1. The summed E-state index contributed by atoms with van der Waals surface area (Å²) in [7, 11) is 0. The normalized spacial score (nSPS) is 28.8. The largest absolute Gasteiger partial charge is 0.396 e. The summed E-state index contributed by atoms with van der Waals surface area (Å²) in [6, 6.07) is 0. The van der Waals surface area contributed by atoms with Crippen molar-refractivity contribution in [3.05, 3.63) is 0 Å². The predicted octanol–water partition coefficient (Wildman–Crippen LogP) is 2.43. The minimum absolute atomic E-state index is 0.0281. The second kappa shape index (κ2) is 5.89. The summed E-state index contributed by atoms with van der Waals surface area (Å²) in [4.78, 5) is 2.50. The third-order valence-electron chi connectivity index (χ3n) is 4.56. The van der Waals surface area contributed by atoms with E-state index in [1.165, 1.54) is 38.5 Å². The van der Waals surface area contributed by atoms with Gasteiger partial charge >= 0.3 is 0 Å². The smallest absolute Gasteiger partial charge is 0.0753 e. The van der Waals surface area contributed by atoms with E-state index >= 15 is 0 Å². The van der Waals surface area contributed by atoms with Gasteiger partial charge in [0.05, 0.1) is 12.2 Å². The van der Waals surface area contributed by atoms with Crippen LogP contribution in [-0.2, 0) is 4.74 Å². The molecular formula is C15H29NO2. The van der Waals surface area contributed by atoms with Crippen molar-refractivity contribution in [1.29, 1.82) is 0 Å². The van der Waals surface area contributed by atoms with Gasteiger partial charge < -0.3 is 9.84 Å². The summed E-state index contributed by atoms with van der Waals surface area (Å²) in [5.41, 5.74) is 0.129. The predicted molar refractivity (Wildman–Crippen MR) is 73.7 cm³/mol. The lowest BCUT2D eigenvalue weighted by molar-refractivity contribution is -0.0987. The van der Waals surface area contributed by atoms with Crippen LogP contribution in [0.2, 0.25) is 0 Å². The fourth-order valence-electron chi connectivity index (χ4n) is 3.57. The molecule has 106 valence electrons. The van der Waals surface area contributed by atoms with Crippen LogP contribution in [0.3, 0.4) is 0 Å². The topological polar surface area (TPSA) is 32.7 Å². The number of nitrogens with zero attached hydrogens (tertiary/aromatic N) is 1. The Hall–Kier alpha value is -0.120. The van der Waals surface area contributed by atoms with Gasteiger partial charge in [-0.25, -0.2) is 0 Å². The molecule has 0 aromatic heterocycles. The van der Waals surface area contributed by atoms with E-state index in [9.17, 15) is 5.11 Å². The van der Waals surface area contributed by atoms with Crippen LogP contribution in [0, 0.1) is 5.41 Å². The van der Waals surface area contributed by atoms with E-state index in [0.717, 1.165) is 26.2 Å². The Morgan fingerprint density at radius 3 is 2.33 bits per heavy atom. The monoisotopic (exact) mass is 255 g/mol. The van der Waals surface area contributed by atoms with E-state index < -0.39 is 0 Å². The second-order valence-electron chi connectivity index (χ2n) is 6.89. The van der Waals surface area contributed by atoms with Crippen molar-refractivity contribution in [2.75, 3.05) is 32.8 Å². The number of hydrogen-bond acceptors (Lipinski definition) is 3. The van der Waals surface area contributed by atoms with Gasteiger partial charge in [-0.2, -0.15) is 0 Å². The number of morpholine rings is 1. The molecule has 0 radical (unpaired) electrons. The molecule has 0 spiro atoms. The molecule has 1 aliphatic carbocycles. The molecule has 18 heavy (non-hydrogen) atoms. The molecule has 1 aliphatic heterocycles. The van der Waals surface area contributed by atoms with Crippen LogP contribution < -0.4 is 0 Å². The summed E-state index contributed by atoms with van der Waals surface area (Å²) < 4.78 is 5.77. The standard InChI is InChI=1S/C15H29NO2/c1-14(2)11-16(9-10-18-14)12-15(13-17)7-5-3-4-6-8-15/h17H,3-13H2,1-2H3. The van der Waals surface area contributed by atoms with Crippen molar-refractivity contribution in [3.63, 3.8) is 0 Å². The van der Waals surface area contributed by atoms with Gasteiger partial charge in [-0.05, 0) is 26.7 Å². The Morgan fingerprint density at radius 1 is 1.11 bits per heavy atom. The molecule has 0 unspecified atom stereocenters. The molecule has 2 aliphatic rings. The number of ether oxygens (including phenoxy) is 1. The van der Waals surface area contributed by atoms with Crippen LogP contribution in [0.5, 0.6) is 0 Å². The highest BCUT2D eigenvalue weighted by molar-refractivity contribution is 4.88. The molecule has 1 N–H and O–H groups in total. The van der Waals surface area contributed by atoms with E-state index in [1.807, 2.05) is 0 Å². The number of aliphatic hydroxyl groups excluding tert-OH is 1. The number of aliphatic hydroxyl groups is 1. The van der Waals surface area contributed by atoms with E-state index in [2.05, 4.69) is 18.7 Å². The van der Waals surface area contributed by atoms with Gasteiger partial charge in [0, 0.05) is 31.7 Å². The lowest BCUT2D eigenvalue weighted by Gasteiger charge is -2.43. The first kappa shape index (κ1) is 14.3. The minimum Gasteiger partial charge on any atom is -0.396 e. The van der Waals surface area contributed by atoms with E-state index in [0.29, 0.717) is 6.61 Å². The summed E-state index contributed by atoms with van der Waals surface area (Å²) in [6.45, 7) is 8.57. The van der Waals surface area contributed by atoms with E-state index in [-0.39, 0.29) is 11.0 Å². The van der Waals surface area contributed by atoms with Crippen molar-refractivity contribution in [2.24, 2.45) is 5.41 Å². The van der Waals surface area contributed by atoms with Crippen molar-refractivity contribution in [3.8, 4) is 0 Å². The highest BCUT2D eigenvalue weighted by atomic mass is 16.5. The maximum absolute atomic E-state index is 9.87. The van der Waals surface area contributed by atoms with E-state index in [4.69, 9.17) is 4.74 Å². The zero-order valence-electron chi connectivity index (χ0n) is 12.1. The molecule has 0 bridgehead atoms. The van der Waals surface area contributed by atoms with Crippen molar-refractivity contribution < 1.29 is 9.84 Å². The van der Waals surface area contributed by atoms with Crippen LogP contribution >= 0.6 is 0 Å². The average molecular weight is 255 g/mol.